The van der Waals surface area contributed by atoms with Crippen LogP contribution in [0, 0.1) is 10.1 Å². The van der Waals surface area contributed by atoms with Gasteiger partial charge in [-0.3, -0.25) is 19.5 Å². The number of allylic oxidation sites excluding steroid dienone is 1. The number of nitro groups is 1. The Balaban J connectivity index is 1.77. The molecule has 0 bridgehead atoms. The molecule has 0 radical (unpaired) electrons. The summed E-state index contributed by atoms with van der Waals surface area (Å²) >= 11 is 7.19. The topological polar surface area (TPSA) is 103 Å². The first kappa shape index (κ1) is 21.5. The number of carbonyl (C=O) groups excluding carboxylic acids is 1. The maximum absolute atomic E-state index is 12.6. The van der Waals surface area contributed by atoms with Gasteiger partial charge in [-0.1, -0.05) is 35.5 Å². The highest BCUT2D eigenvalue weighted by molar-refractivity contribution is 8.00. The van der Waals surface area contributed by atoms with Gasteiger partial charge in [-0.25, -0.2) is 0 Å². The van der Waals surface area contributed by atoms with Crippen molar-refractivity contribution in [3.05, 3.63) is 76.3 Å². The van der Waals surface area contributed by atoms with E-state index >= 15 is 0 Å². The monoisotopic (exact) mass is 443 g/mol. The van der Waals surface area contributed by atoms with Crippen molar-refractivity contribution in [1.82, 2.24) is 14.8 Å². The van der Waals surface area contributed by atoms with Gasteiger partial charge in [0, 0.05) is 35.0 Å². The molecule has 3 rings (SSSR count). The zero-order chi connectivity index (χ0) is 21.7. The minimum atomic E-state index is -0.518. The van der Waals surface area contributed by atoms with Gasteiger partial charge in [0.05, 0.1) is 10.2 Å². The van der Waals surface area contributed by atoms with Crippen molar-refractivity contribution in [1.29, 1.82) is 0 Å². The molecule has 1 unspecified atom stereocenters. The normalized spacial score (nSPS) is 11.7. The molecule has 1 aromatic heterocycles. The first-order chi connectivity index (χ1) is 14.4. The fourth-order valence-electron chi connectivity index (χ4n) is 2.63. The molecule has 1 heterocycles. The van der Waals surface area contributed by atoms with E-state index in [4.69, 9.17) is 11.6 Å². The summed E-state index contributed by atoms with van der Waals surface area (Å²) in [5.41, 5.74) is 1.11. The first-order valence-electron chi connectivity index (χ1n) is 8.91. The van der Waals surface area contributed by atoms with Gasteiger partial charge < -0.3 is 5.32 Å². The summed E-state index contributed by atoms with van der Waals surface area (Å²) in [6.45, 7) is 5.97. The fraction of sp³-hybridized carbons (Fsp3) is 0.150. The van der Waals surface area contributed by atoms with E-state index in [2.05, 4.69) is 22.1 Å². The number of aromatic nitrogens is 3. The number of nitrogens with zero attached hydrogens (tertiary/aromatic N) is 4. The van der Waals surface area contributed by atoms with E-state index in [1.165, 1.54) is 30.0 Å². The van der Waals surface area contributed by atoms with Gasteiger partial charge in [0.2, 0.25) is 5.91 Å². The third-order valence-electron chi connectivity index (χ3n) is 4.11. The number of hydrogen-bond acceptors (Lipinski definition) is 6. The number of benzene rings is 2. The summed E-state index contributed by atoms with van der Waals surface area (Å²) in [6.07, 6.45) is 1.72. The van der Waals surface area contributed by atoms with Crippen LogP contribution in [0.5, 0.6) is 0 Å². The molecule has 30 heavy (non-hydrogen) atoms. The quantitative estimate of drug-likeness (QED) is 0.232. The van der Waals surface area contributed by atoms with Gasteiger partial charge >= 0.3 is 0 Å². The molecule has 1 N–H and O–H groups in total. The lowest BCUT2D eigenvalue weighted by molar-refractivity contribution is -0.384. The summed E-state index contributed by atoms with van der Waals surface area (Å²) in [7, 11) is 0. The van der Waals surface area contributed by atoms with Crippen LogP contribution >= 0.6 is 23.4 Å². The second kappa shape index (κ2) is 9.55. The fourth-order valence-corrected chi connectivity index (χ4v) is 3.62. The average molecular weight is 444 g/mol. The van der Waals surface area contributed by atoms with E-state index in [0.717, 1.165) is 5.56 Å². The van der Waals surface area contributed by atoms with Crippen LogP contribution in [-0.4, -0.2) is 30.8 Å². The number of nitrogens with one attached hydrogen (secondary N) is 1. The molecule has 0 saturated carbocycles. The molecule has 3 aromatic rings. The second-order valence-electron chi connectivity index (χ2n) is 6.27. The molecule has 0 fully saturated rings. The van der Waals surface area contributed by atoms with Crippen molar-refractivity contribution in [2.75, 3.05) is 5.32 Å². The van der Waals surface area contributed by atoms with E-state index in [1.807, 2.05) is 16.7 Å². The van der Waals surface area contributed by atoms with Crippen LogP contribution in [0.15, 0.2) is 66.3 Å². The molecule has 0 aliphatic carbocycles. The van der Waals surface area contributed by atoms with Crippen molar-refractivity contribution in [2.45, 2.75) is 23.9 Å². The molecule has 2 aromatic carbocycles. The minimum Gasteiger partial charge on any atom is -0.325 e. The third kappa shape index (κ3) is 5.05. The number of thioether (sulfide) groups is 1. The maximum atomic E-state index is 12.6. The van der Waals surface area contributed by atoms with Gasteiger partial charge in [0.1, 0.15) is 0 Å². The molecule has 8 nitrogen and oxygen atoms in total. The van der Waals surface area contributed by atoms with Gasteiger partial charge in [-0.05, 0) is 37.3 Å². The van der Waals surface area contributed by atoms with E-state index in [1.54, 1.807) is 31.2 Å². The van der Waals surface area contributed by atoms with Crippen LogP contribution in [0.2, 0.25) is 5.02 Å². The number of rotatable bonds is 8. The Morgan fingerprint density at radius 2 is 2.07 bits per heavy atom. The van der Waals surface area contributed by atoms with Crippen LogP contribution in [0.25, 0.3) is 11.4 Å². The predicted molar refractivity (Wildman–Crippen MR) is 118 cm³/mol. The van der Waals surface area contributed by atoms with E-state index in [0.29, 0.717) is 28.2 Å². The molecule has 1 atom stereocenters. The lowest BCUT2D eigenvalue weighted by atomic mass is 10.2. The highest BCUT2D eigenvalue weighted by Crippen LogP contribution is 2.28. The van der Waals surface area contributed by atoms with Crippen molar-refractivity contribution in [3.63, 3.8) is 0 Å². The van der Waals surface area contributed by atoms with Crippen molar-refractivity contribution in [3.8, 4) is 11.4 Å². The molecule has 0 saturated heterocycles. The SMILES string of the molecule is C=CCn1c(SC(C)C(=O)Nc2cccc([N+](=O)[O-])c2)nnc1-c1ccc(Cl)cc1. The van der Waals surface area contributed by atoms with Crippen LogP contribution in [-0.2, 0) is 11.3 Å². The maximum Gasteiger partial charge on any atom is 0.271 e. The number of hydrogen-bond donors (Lipinski definition) is 1. The standard InChI is InChI=1S/C20H18ClN5O3S/c1-3-11-25-18(14-7-9-15(21)10-8-14)23-24-20(25)30-13(2)19(27)22-16-5-4-6-17(12-16)26(28)29/h3-10,12-13H,1,11H2,2H3,(H,22,27). The van der Waals surface area contributed by atoms with E-state index < -0.39 is 10.2 Å². The van der Waals surface area contributed by atoms with Gasteiger partial charge in [0.25, 0.3) is 5.69 Å². The highest BCUT2D eigenvalue weighted by Gasteiger charge is 2.21. The first-order valence-corrected chi connectivity index (χ1v) is 10.2. The molecule has 0 aliphatic heterocycles. The Labute approximate surface area is 182 Å². The number of amides is 1. The molecular formula is C20H18ClN5O3S. The molecular weight excluding hydrogens is 426 g/mol. The summed E-state index contributed by atoms with van der Waals surface area (Å²) in [6, 6.07) is 13.0. The highest BCUT2D eigenvalue weighted by atomic mass is 35.5. The van der Waals surface area contributed by atoms with E-state index in [9.17, 15) is 14.9 Å². The Hall–Kier alpha value is -3.17. The Kier molecular flexibility index (Phi) is 6.86. The number of halogens is 1. The third-order valence-corrected chi connectivity index (χ3v) is 5.44. The van der Waals surface area contributed by atoms with E-state index in [-0.39, 0.29) is 11.6 Å². The van der Waals surface area contributed by atoms with Crippen LogP contribution in [0.3, 0.4) is 0 Å². The molecule has 10 heteroatoms. The zero-order valence-corrected chi connectivity index (χ0v) is 17.6. The van der Waals surface area contributed by atoms with Crippen LogP contribution in [0.1, 0.15) is 6.92 Å². The summed E-state index contributed by atoms with van der Waals surface area (Å²) in [5, 5.41) is 22.7. The summed E-state index contributed by atoms with van der Waals surface area (Å²) < 4.78 is 1.86. The number of carbonyl (C=O) groups is 1. The van der Waals surface area contributed by atoms with Crippen LogP contribution < -0.4 is 5.32 Å². The summed E-state index contributed by atoms with van der Waals surface area (Å²) in [4.78, 5) is 23.0. The number of nitro benzene ring substituents is 1. The van der Waals surface area contributed by atoms with Crippen molar-refractivity contribution in [2.24, 2.45) is 0 Å². The van der Waals surface area contributed by atoms with Crippen molar-refractivity contribution < 1.29 is 9.72 Å². The Bertz CT molecular complexity index is 1080. The Morgan fingerprint density at radius 3 is 2.73 bits per heavy atom. The number of non-ortho nitro benzene ring substituents is 1. The largest absolute Gasteiger partial charge is 0.325 e. The Morgan fingerprint density at radius 1 is 1.33 bits per heavy atom. The molecule has 1 amide bonds. The smallest absolute Gasteiger partial charge is 0.271 e. The average Bonchev–Trinajstić information content (AvgIpc) is 3.11. The van der Waals surface area contributed by atoms with Crippen LogP contribution in [0.4, 0.5) is 11.4 Å². The van der Waals surface area contributed by atoms with Gasteiger partial charge in [0.15, 0.2) is 11.0 Å². The van der Waals surface area contributed by atoms with Gasteiger partial charge in [-0.2, -0.15) is 0 Å². The van der Waals surface area contributed by atoms with Gasteiger partial charge in [-0.15, -0.1) is 16.8 Å². The van der Waals surface area contributed by atoms with Crippen molar-refractivity contribution >= 4 is 40.6 Å². The molecule has 0 aliphatic rings. The minimum absolute atomic E-state index is 0.0913. The lowest BCUT2D eigenvalue weighted by Gasteiger charge is -2.13. The predicted octanol–water partition coefficient (Wildman–Crippen LogP) is 4.81. The zero-order valence-electron chi connectivity index (χ0n) is 16.0. The second-order valence-corrected chi connectivity index (χ2v) is 8.01. The number of anilines is 1. The molecule has 154 valence electrons. The molecule has 0 spiro atoms. The lowest BCUT2D eigenvalue weighted by Crippen LogP contribution is -2.23. The summed E-state index contributed by atoms with van der Waals surface area (Å²) in [5.74, 6) is 0.335.